The highest BCUT2D eigenvalue weighted by Gasteiger charge is 2.18. The van der Waals surface area contributed by atoms with Gasteiger partial charge in [0.1, 0.15) is 17.2 Å². The molecule has 0 saturated heterocycles. The van der Waals surface area contributed by atoms with Crippen molar-refractivity contribution in [3.63, 3.8) is 0 Å². The summed E-state index contributed by atoms with van der Waals surface area (Å²) in [5.41, 5.74) is 0.952. The molecule has 2 aromatic carbocycles. The minimum absolute atomic E-state index is 0.0536. The third-order valence-corrected chi connectivity index (χ3v) is 4.23. The molecular formula is C14H7Cl2F2IN2. The monoisotopic (exact) mass is 438 g/mol. The lowest BCUT2D eigenvalue weighted by Crippen LogP contribution is -2.00. The molecule has 0 spiro atoms. The molecule has 0 saturated carbocycles. The van der Waals surface area contributed by atoms with Crippen molar-refractivity contribution in [1.82, 2.24) is 9.55 Å². The van der Waals surface area contributed by atoms with Crippen molar-refractivity contribution in [1.29, 1.82) is 0 Å². The van der Waals surface area contributed by atoms with Crippen LogP contribution in [0, 0.1) is 15.2 Å². The van der Waals surface area contributed by atoms with Crippen LogP contribution in [0.2, 0.25) is 5.02 Å². The number of hydrogen-bond acceptors (Lipinski definition) is 1. The summed E-state index contributed by atoms with van der Waals surface area (Å²) in [7, 11) is 0. The number of nitrogens with zero attached hydrogens (tertiary/aromatic N) is 2. The Morgan fingerprint density at radius 2 is 1.95 bits per heavy atom. The van der Waals surface area contributed by atoms with Crippen molar-refractivity contribution in [3.05, 3.63) is 56.4 Å². The van der Waals surface area contributed by atoms with Gasteiger partial charge in [0.2, 0.25) is 0 Å². The molecule has 0 fully saturated rings. The molecule has 0 aliphatic carbocycles. The van der Waals surface area contributed by atoms with Crippen LogP contribution < -0.4 is 0 Å². The van der Waals surface area contributed by atoms with E-state index in [1.54, 1.807) is 16.7 Å². The van der Waals surface area contributed by atoms with Crippen LogP contribution in [0.3, 0.4) is 0 Å². The lowest BCUT2D eigenvalue weighted by Gasteiger charge is -2.10. The van der Waals surface area contributed by atoms with Gasteiger partial charge in [-0.15, -0.1) is 11.6 Å². The molecular weight excluding hydrogens is 432 g/mol. The van der Waals surface area contributed by atoms with E-state index in [0.29, 0.717) is 22.1 Å². The molecule has 7 heteroatoms. The Bertz CT molecular complexity index is 849. The van der Waals surface area contributed by atoms with E-state index in [2.05, 4.69) is 27.6 Å². The van der Waals surface area contributed by atoms with Crippen molar-refractivity contribution in [2.75, 3.05) is 0 Å². The smallest absolute Gasteiger partial charge is 0.153 e. The summed E-state index contributed by atoms with van der Waals surface area (Å²) in [5.74, 6) is -0.946. The lowest BCUT2D eigenvalue weighted by atomic mass is 10.2. The van der Waals surface area contributed by atoms with Gasteiger partial charge in [0.05, 0.1) is 22.1 Å². The van der Waals surface area contributed by atoms with Crippen molar-refractivity contribution in [2.24, 2.45) is 0 Å². The normalized spacial score (nSPS) is 11.3. The van der Waals surface area contributed by atoms with Gasteiger partial charge in [-0.2, -0.15) is 0 Å². The number of aromatic nitrogens is 2. The number of benzene rings is 2. The Kier molecular flexibility index (Phi) is 4.07. The van der Waals surface area contributed by atoms with Crippen LogP contribution in [0.5, 0.6) is 0 Å². The maximum Gasteiger partial charge on any atom is 0.153 e. The van der Waals surface area contributed by atoms with Crippen molar-refractivity contribution < 1.29 is 8.78 Å². The van der Waals surface area contributed by atoms with Crippen LogP contribution in [0.15, 0.2) is 30.3 Å². The van der Waals surface area contributed by atoms with E-state index in [4.69, 9.17) is 23.2 Å². The highest BCUT2D eigenvalue weighted by molar-refractivity contribution is 14.1. The molecule has 0 bridgehead atoms. The molecule has 0 aliphatic rings. The maximum absolute atomic E-state index is 13.9. The summed E-state index contributed by atoms with van der Waals surface area (Å²) in [6.07, 6.45) is 0. The van der Waals surface area contributed by atoms with Crippen LogP contribution in [0.1, 0.15) is 5.82 Å². The van der Waals surface area contributed by atoms with Crippen LogP contribution in [-0.4, -0.2) is 9.55 Å². The first-order valence-electron chi connectivity index (χ1n) is 5.89. The zero-order chi connectivity index (χ0) is 15.1. The van der Waals surface area contributed by atoms with Crippen molar-refractivity contribution >= 4 is 56.8 Å². The van der Waals surface area contributed by atoms with Crippen LogP contribution in [0.4, 0.5) is 8.78 Å². The second kappa shape index (κ2) is 5.70. The van der Waals surface area contributed by atoms with Gasteiger partial charge in [-0.1, -0.05) is 11.6 Å². The second-order valence-electron chi connectivity index (χ2n) is 4.35. The Labute approximate surface area is 142 Å². The highest BCUT2D eigenvalue weighted by Crippen LogP contribution is 2.30. The number of hydrogen-bond donors (Lipinski definition) is 0. The van der Waals surface area contributed by atoms with Gasteiger partial charge in [0, 0.05) is 15.7 Å². The maximum atomic E-state index is 13.9. The first-order valence-corrected chi connectivity index (χ1v) is 7.88. The van der Waals surface area contributed by atoms with E-state index in [1.807, 2.05) is 6.07 Å². The minimum Gasteiger partial charge on any atom is -0.294 e. The fourth-order valence-electron chi connectivity index (χ4n) is 2.17. The minimum atomic E-state index is -0.725. The molecule has 1 heterocycles. The molecule has 0 radical (unpaired) electrons. The molecule has 2 nitrogen and oxygen atoms in total. The van der Waals surface area contributed by atoms with Gasteiger partial charge in [0.25, 0.3) is 0 Å². The predicted molar refractivity (Wildman–Crippen MR) is 88.3 cm³/mol. The van der Waals surface area contributed by atoms with E-state index < -0.39 is 11.6 Å². The molecule has 1 aromatic heterocycles. The number of fused-ring (bicyclic) bond motifs is 1. The largest absolute Gasteiger partial charge is 0.294 e. The van der Waals surface area contributed by atoms with E-state index in [-0.39, 0.29) is 11.4 Å². The van der Waals surface area contributed by atoms with E-state index in [0.717, 1.165) is 9.64 Å². The fourth-order valence-corrected chi connectivity index (χ4v) is 3.29. The first kappa shape index (κ1) is 15.0. The summed E-state index contributed by atoms with van der Waals surface area (Å²) in [6, 6.07) is 7.39. The van der Waals surface area contributed by atoms with E-state index >= 15 is 0 Å². The molecule has 0 unspecified atom stereocenters. The molecule has 0 atom stereocenters. The van der Waals surface area contributed by atoms with Gasteiger partial charge in [-0.3, -0.25) is 4.57 Å². The van der Waals surface area contributed by atoms with Crippen molar-refractivity contribution in [3.8, 4) is 5.69 Å². The second-order valence-corrected chi connectivity index (χ2v) is 6.27. The standard InChI is InChI=1S/C14H7Cl2F2IN2/c15-6-13-20-14-10(18)3-7(17)4-12(14)21(13)11-2-1-8(19)5-9(11)16/h1-5H,6H2. The summed E-state index contributed by atoms with van der Waals surface area (Å²) in [4.78, 5) is 4.14. The van der Waals surface area contributed by atoms with Crippen LogP contribution >= 0.6 is 45.8 Å². The summed E-state index contributed by atoms with van der Waals surface area (Å²) < 4.78 is 29.9. The molecule has 0 amide bonds. The Morgan fingerprint density at radius 1 is 1.19 bits per heavy atom. The third-order valence-electron chi connectivity index (χ3n) is 3.02. The summed E-state index contributed by atoms with van der Waals surface area (Å²) in [6.45, 7) is 0. The van der Waals surface area contributed by atoms with E-state index in [9.17, 15) is 8.78 Å². The Morgan fingerprint density at radius 3 is 2.62 bits per heavy atom. The molecule has 0 aliphatic heterocycles. The van der Waals surface area contributed by atoms with Crippen LogP contribution in [-0.2, 0) is 5.88 Å². The zero-order valence-corrected chi connectivity index (χ0v) is 14.0. The number of rotatable bonds is 2. The van der Waals surface area contributed by atoms with Gasteiger partial charge in [-0.05, 0) is 40.8 Å². The topological polar surface area (TPSA) is 17.8 Å². The van der Waals surface area contributed by atoms with E-state index in [1.165, 1.54) is 6.07 Å². The van der Waals surface area contributed by atoms with Gasteiger partial charge in [0.15, 0.2) is 5.82 Å². The average Bonchev–Trinajstić information content (AvgIpc) is 2.77. The molecule has 3 aromatic rings. The number of imidazole rings is 1. The Balaban J connectivity index is 2.40. The van der Waals surface area contributed by atoms with Gasteiger partial charge >= 0.3 is 0 Å². The number of alkyl halides is 1. The van der Waals surface area contributed by atoms with Gasteiger partial charge in [-0.25, -0.2) is 13.8 Å². The van der Waals surface area contributed by atoms with Crippen molar-refractivity contribution in [2.45, 2.75) is 5.88 Å². The quantitative estimate of drug-likeness (QED) is 0.392. The summed E-state index contributed by atoms with van der Waals surface area (Å²) >= 11 is 14.3. The average molecular weight is 439 g/mol. The lowest BCUT2D eigenvalue weighted by molar-refractivity contribution is 0.590. The zero-order valence-electron chi connectivity index (χ0n) is 10.4. The van der Waals surface area contributed by atoms with Crippen LogP contribution in [0.25, 0.3) is 16.7 Å². The molecule has 21 heavy (non-hydrogen) atoms. The highest BCUT2D eigenvalue weighted by atomic mass is 127. The molecule has 0 N–H and O–H groups in total. The fraction of sp³-hybridized carbons (Fsp3) is 0.0714. The van der Waals surface area contributed by atoms with Gasteiger partial charge < -0.3 is 0 Å². The number of halogens is 5. The first-order chi connectivity index (χ1) is 10.0. The molecule has 3 rings (SSSR count). The molecule has 108 valence electrons. The summed E-state index contributed by atoms with van der Waals surface area (Å²) in [5, 5.41) is 0.456. The Hall–Kier alpha value is -0.920. The third kappa shape index (κ3) is 2.62. The predicted octanol–water partition coefficient (Wildman–Crippen LogP) is 5.30. The SMILES string of the molecule is Fc1cc(F)c2nc(CCl)n(-c3ccc(I)cc3Cl)c2c1.